The van der Waals surface area contributed by atoms with Gasteiger partial charge in [-0.1, -0.05) is 41.7 Å². The predicted octanol–water partition coefficient (Wildman–Crippen LogP) is 3.15. The second kappa shape index (κ2) is 5.37. The monoisotopic (exact) mass is 332 g/mol. The summed E-state index contributed by atoms with van der Waals surface area (Å²) in [6, 6.07) is 12.4. The van der Waals surface area contributed by atoms with Gasteiger partial charge in [0.25, 0.3) is 10.0 Å². The smallest absolute Gasteiger partial charge is 0.285 e. The fourth-order valence-electron chi connectivity index (χ4n) is 2.40. The van der Waals surface area contributed by atoms with Crippen LogP contribution in [0.2, 0.25) is 0 Å². The van der Waals surface area contributed by atoms with Gasteiger partial charge in [0, 0.05) is 7.05 Å². The molecule has 1 heterocycles. The molecule has 0 bridgehead atoms. The number of hydrogen-bond acceptors (Lipinski definition) is 3. The lowest BCUT2D eigenvalue weighted by atomic mass is 10.1. The van der Waals surface area contributed by atoms with E-state index in [1.54, 1.807) is 30.3 Å². The van der Waals surface area contributed by atoms with Crippen LogP contribution < -0.4 is 4.80 Å². The van der Waals surface area contributed by atoms with Crippen molar-refractivity contribution < 1.29 is 8.42 Å². The highest BCUT2D eigenvalue weighted by Crippen LogP contribution is 2.24. The molecule has 2 aromatic carbocycles. The zero-order valence-corrected chi connectivity index (χ0v) is 14.2. The van der Waals surface area contributed by atoms with Crippen LogP contribution in [0.5, 0.6) is 0 Å². The summed E-state index contributed by atoms with van der Waals surface area (Å²) in [7, 11) is -1.84. The third kappa shape index (κ3) is 2.48. The highest BCUT2D eigenvalue weighted by Gasteiger charge is 2.14. The van der Waals surface area contributed by atoms with E-state index in [4.69, 9.17) is 0 Å². The van der Waals surface area contributed by atoms with Crippen LogP contribution in [0.3, 0.4) is 0 Å². The second-order valence-corrected chi connectivity index (χ2v) is 7.78. The van der Waals surface area contributed by atoms with Crippen molar-refractivity contribution in [3.05, 3.63) is 58.4 Å². The van der Waals surface area contributed by atoms with E-state index in [0.29, 0.717) is 4.80 Å². The van der Waals surface area contributed by atoms with Crippen LogP contribution in [-0.4, -0.2) is 13.0 Å². The lowest BCUT2D eigenvalue weighted by Gasteiger charge is -2.02. The van der Waals surface area contributed by atoms with Gasteiger partial charge in [0.05, 0.1) is 15.1 Å². The van der Waals surface area contributed by atoms with Gasteiger partial charge in [-0.25, -0.2) is 0 Å². The third-order valence-corrected chi connectivity index (χ3v) is 6.25. The Kier molecular flexibility index (Phi) is 3.66. The molecule has 0 saturated carbocycles. The van der Waals surface area contributed by atoms with Crippen molar-refractivity contribution in [1.82, 2.24) is 4.57 Å². The molecule has 0 unspecified atom stereocenters. The first kappa shape index (κ1) is 15.0. The highest BCUT2D eigenvalue weighted by atomic mass is 32.2. The van der Waals surface area contributed by atoms with Crippen LogP contribution in [-0.2, 0) is 17.1 Å². The molecule has 1 aromatic heterocycles. The summed E-state index contributed by atoms with van der Waals surface area (Å²) >= 11 is 1.40. The molecule has 0 saturated heterocycles. The lowest BCUT2D eigenvalue weighted by Crippen LogP contribution is -2.14. The Morgan fingerprint density at radius 1 is 1.00 bits per heavy atom. The van der Waals surface area contributed by atoms with Crippen LogP contribution in [0, 0.1) is 13.8 Å². The largest absolute Gasteiger partial charge is 0.319 e. The highest BCUT2D eigenvalue weighted by molar-refractivity contribution is 7.90. The van der Waals surface area contributed by atoms with E-state index in [2.05, 4.69) is 4.40 Å². The number of thiazole rings is 1. The molecule has 3 rings (SSSR count). The number of aryl methyl sites for hydroxylation is 3. The standard InChI is InChI=1S/C16H16N2O2S2/c1-11-9-10-12(2)15-14(11)18(3)16(21-15)17-22(19,20)13-7-5-4-6-8-13/h4-10H,1-3H3/b17-16-. The minimum absolute atomic E-state index is 0.209. The van der Waals surface area contributed by atoms with E-state index in [1.165, 1.54) is 11.3 Å². The maximum absolute atomic E-state index is 12.4. The molecule has 3 aromatic rings. The molecule has 0 fully saturated rings. The van der Waals surface area contributed by atoms with Gasteiger partial charge in [0.1, 0.15) is 0 Å². The van der Waals surface area contributed by atoms with Crippen molar-refractivity contribution in [3.8, 4) is 0 Å². The number of rotatable bonds is 2. The van der Waals surface area contributed by atoms with Crippen LogP contribution in [0.1, 0.15) is 11.1 Å². The normalized spacial score (nSPS) is 13.0. The molecule has 0 aliphatic carbocycles. The van der Waals surface area contributed by atoms with Gasteiger partial charge in [-0.3, -0.25) is 0 Å². The first-order valence-electron chi connectivity index (χ1n) is 6.82. The second-order valence-electron chi connectivity index (χ2n) is 5.20. The number of benzene rings is 2. The SMILES string of the molecule is Cc1ccc(C)c2c1s/c(=N\S(=O)(=O)c1ccccc1)n2C. The molecule has 0 amide bonds. The molecule has 114 valence electrons. The summed E-state index contributed by atoms with van der Waals surface area (Å²) in [5, 5.41) is 0. The molecule has 0 radical (unpaired) electrons. The molecule has 22 heavy (non-hydrogen) atoms. The van der Waals surface area contributed by atoms with Gasteiger partial charge >= 0.3 is 0 Å². The molecule has 0 atom stereocenters. The molecule has 6 heteroatoms. The van der Waals surface area contributed by atoms with Crippen molar-refractivity contribution >= 4 is 31.6 Å². The number of hydrogen-bond donors (Lipinski definition) is 0. The quantitative estimate of drug-likeness (QED) is 0.724. The third-order valence-electron chi connectivity index (χ3n) is 3.59. The van der Waals surface area contributed by atoms with Crippen molar-refractivity contribution in [1.29, 1.82) is 0 Å². The molecular weight excluding hydrogens is 316 g/mol. The molecule has 0 N–H and O–H groups in total. The zero-order chi connectivity index (χ0) is 15.9. The summed E-state index contributed by atoms with van der Waals surface area (Å²) in [5.74, 6) is 0. The Labute approximate surface area is 133 Å². The van der Waals surface area contributed by atoms with Crippen molar-refractivity contribution in [2.45, 2.75) is 18.7 Å². The van der Waals surface area contributed by atoms with Crippen molar-refractivity contribution in [2.24, 2.45) is 11.4 Å². The van der Waals surface area contributed by atoms with E-state index in [0.717, 1.165) is 21.3 Å². The summed E-state index contributed by atoms with van der Waals surface area (Å²) in [6.07, 6.45) is 0. The Morgan fingerprint density at radius 2 is 1.64 bits per heavy atom. The number of fused-ring (bicyclic) bond motifs is 1. The lowest BCUT2D eigenvalue weighted by molar-refractivity contribution is 0.596. The van der Waals surface area contributed by atoms with Crippen LogP contribution in [0.15, 0.2) is 51.8 Å². The Morgan fingerprint density at radius 3 is 2.27 bits per heavy atom. The maximum Gasteiger partial charge on any atom is 0.285 e. The summed E-state index contributed by atoms with van der Waals surface area (Å²) in [5.41, 5.74) is 3.27. The first-order chi connectivity index (χ1) is 10.4. The van der Waals surface area contributed by atoms with E-state index in [-0.39, 0.29) is 4.90 Å². The topological polar surface area (TPSA) is 51.4 Å². The minimum Gasteiger partial charge on any atom is -0.319 e. The zero-order valence-electron chi connectivity index (χ0n) is 12.6. The average Bonchev–Trinajstić information content (AvgIpc) is 2.82. The van der Waals surface area contributed by atoms with Gasteiger partial charge in [-0.15, -0.1) is 4.40 Å². The number of aromatic nitrogens is 1. The van der Waals surface area contributed by atoms with Gasteiger partial charge in [0.2, 0.25) is 4.80 Å². The van der Waals surface area contributed by atoms with Gasteiger partial charge in [-0.2, -0.15) is 8.42 Å². The fourth-order valence-corrected chi connectivity index (χ4v) is 4.81. The van der Waals surface area contributed by atoms with E-state index in [9.17, 15) is 8.42 Å². The van der Waals surface area contributed by atoms with Crippen LogP contribution in [0.4, 0.5) is 0 Å². The number of sulfonamides is 1. The Bertz CT molecular complexity index is 1010. The van der Waals surface area contributed by atoms with Gasteiger partial charge in [0.15, 0.2) is 0 Å². The predicted molar refractivity (Wildman–Crippen MR) is 89.5 cm³/mol. The summed E-state index contributed by atoms with van der Waals surface area (Å²) in [4.78, 5) is 0.692. The van der Waals surface area contributed by atoms with Crippen molar-refractivity contribution in [2.75, 3.05) is 0 Å². The first-order valence-corrected chi connectivity index (χ1v) is 9.07. The number of nitrogens with zero attached hydrogens (tertiary/aromatic N) is 2. The Balaban J connectivity index is 2.30. The van der Waals surface area contributed by atoms with E-state index in [1.807, 2.05) is 37.6 Å². The van der Waals surface area contributed by atoms with Crippen LogP contribution >= 0.6 is 11.3 Å². The molecule has 0 aliphatic heterocycles. The maximum atomic E-state index is 12.4. The van der Waals surface area contributed by atoms with Crippen molar-refractivity contribution in [3.63, 3.8) is 0 Å². The minimum atomic E-state index is -3.69. The molecule has 4 nitrogen and oxygen atoms in total. The van der Waals surface area contributed by atoms with Crippen LogP contribution in [0.25, 0.3) is 10.2 Å². The summed E-state index contributed by atoms with van der Waals surface area (Å²) in [6.45, 7) is 4.04. The average molecular weight is 332 g/mol. The van der Waals surface area contributed by atoms with E-state index >= 15 is 0 Å². The van der Waals surface area contributed by atoms with Gasteiger partial charge < -0.3 is 4.57 Å². The van der Waals surface area contributed by atoms with Gasteiger partial charge in [-0.05, 0) is 37.1 Å². The Hall–Kier alpha value is -1.92. The molecule has 0 aliphatic rings. The molecule has 0 spiro atoms. The van der Waals surface area contributed by atoms with E-state index < -0.39 is 10.0 Å². The fraction of sp³-hybridized carbons (Fsp3) is 0.188. The molecular formula is C16H16N2O2S2. The summed E-state index contributed by atoms with van der Waals surface area (Å²) < 4.78 is 31.8.